The predicted molar refractivity (Wildman–Crippen MR) is 93.8 cm³/mol. The van der Waals surface area contributed by atoms with Crippen molar-refractivity contribution < 1.29 is 14.3 Å². The molecule has 24 heavy (non-hydrogen) atoms. The van der Waals surface area contributed by atoms with Gasteiger partial charge in [-0.1, -0.05) is 24.3 Å². The number of hydrogen-bond acceptors (Lipinski definition) is 5. The first-order valence-electron chi connectivity index (χ1n) is 7.54. The van der Waals surface area contributed by atoms with E-state index in [1.807, 2.05) is 35.7 Å². The number of primary amides is 1. The maximum Gasteiger partial charge on any atom is 0.318 e. The fourth-order valence-corrected chi connectivity index (χ4v) is 3.12. The van der Waals surface area contributed by atoms with Gasteiger partial charge in [0.15, 0.2) is 0 Å². The third-order valence-electron chi connectivity index (χ3n) is 3.46. The molecule has 1 aromatic heterocycles. The fourth-order valence-electron chi connectivity index (χ4n) is 2.37. The second-order valence-electron chi connectivity index (χ2n) is 5.26. The molecule has 2 aromatic rings. The van der Waals surface area contributed by atoms with Gasteiger partial charge < -0.3 is 10.5 Å². The Balaban J connectivity index is 2.04. The van der Waals surface area contributed by atoms with Crippen LogP contribution in [0.15, 0.2) is 41.8 Å². The molecule has 3 amide bonds. The number of imide groups is 1. The normalized spacial score (nSPS) is 10.6. The number of benzene rings is 1. The van der Waals surface area contributed by atoms with Crippen LogP contribution >= 0.6 is 11.3 Å². The molecular formula is C17H21N3O3S. The summed E-state index contributed by atoms with van der Waals surface area (Å²) in [7, 11) is 1.64. The first-order chi connectivity index (χ1) is 11.6. The van der Waals surface area contributed by atoms with E-state index >= 15 is 0 Å². The van der Waals surface area contributed by atoms with Crippen molar-refractivity contribution in [2.24, 2.45) is 5.73 Å². The molecule has 0 aliphatic rings. The number of para-hydroxylation sites is 1. The van der Waals surface area contributed by atoms with E-state index in [2.05, 4.69) is 16.3 Å². The predicted octanol–water partition coefficient (Wildman–Crippen LogP) is 2.34. The van der Waals surface area contributed by atoms with Crippen LogP contribution in [-0.2, 0) is 17.9 Å². The number of nitrogens with one attached hydrogen (secondary N) is 1. The van der Waals surface area contributed by atoms with Crippen molar-refractivity contribution in [1.82, 2.24) is 10.2 Å². The summed E-state index contributed by atoms with van der Waals surface area (Å²) in [6.07, 6.45) is 0.198. The number of nitrogens with two attached hydrogens (primary N) is 1. The van der Waals surface area contributed by atoms with Crippen molar-refractivity contribution in [2.75, 3.05) is 13.7 Å². The van der Waals surface area contributed by atoms with Gasteiger partial charge in [0.25, 0.3) is 0 Å². The summed E-state index contributed by atoms with van der Waals surface area (Å²) in [5.41, 5.74) is 6.02. The zero-order valence-corrected chi connectivity index (χ0v) is 14.3. The van der Waals surface area contributed by atoms with Crippen molar-refractivity contribution in [3.05, 3.63) is 52.2 Å². The Labute approximate surface area is 145 Å². The SMILES string of the molecule is COc1ccccc1CN(CCC(=O)NC(N)=O)Cc1cccs1. The monoisotopic (exact) mass is 347 g/mol. The number of carbonyl (C=O) groups is 2. The van der Waals surface area contributed by atoms with Crippen LogP contribution < -0.4 is 15.8 Å². The smallest absolute Gasteiger partial charge is 0.318 e. The Bertz CT molecular complexity index is 673. The van der Waals surface area contributed by atoms with Gasteiger partial charge in [0, 0.05) is 36.5 Å². The summed E-state index contributed by atoms with van der Waals surface area (Å²) in [6, 6.07) is 11.0. The average Bonchev–Trinajstić information content (AvgIpc) is 3.05. The zero-order valence-electron chi connectivity index (χ0n) is 13.5. The quantitative estimate of drug-likeness (QED) is 0.768. The maximum absolute atomic E-state index is 11.7. The number of nitrogens with zero attached hydrogens (tertiary/aromatic N) is 1. The summed E-state index contributed by atoms with van der Waals surface area (Å²) in [5.74, 6) is 0.439. The minimum atomic E-state index is -0.825. The minimum absolute atomic E-state index is 0.198. The van der Waals surface area contributed by atoms with Gasteiger partial charge in [-0.15, -0.1) is 11.3 Å². The first kappa shape index (κ1) is 18.0. The van der Waals surface area contributed by atoms with Gasteiger partial charge in [-0.25, -0.2) is 4.79 Å². The number of carbonyl (C=O) groups excluding carboxylic acids is 2. The number of urea groups is 1. The van der Waals surface area contributed by atoms with Gasteiger partial charge in [-0.3, -0.25) is 15.0 Å². The van der Waals surface area contributed by atoms with Crippen molar-refractivity contribution >= 4 is 23.3 Å². The molecule has 0 bridgehead atoms. The first-order valence-corrected chi connectivity index (χ1v) is 8.42. The molecule has 0 fully saturated rings. The second-order valence-corrected chi connectivity index (χ2v) is 6.30. The topological polar surface area (TPSA) is 84.7 Å². The molecule has 1 heterocycles. The highest BCUT2D eigenvalue weighted by molar-refractivity contribution is 7.09. The number of rotatable bonds is 8. The molecule has 7 heteroatoms. The number of methoxy groups -OCH3 is 1. The third-order valence-corrected chi connectivity index (χ3v) is 4.32. The third kappa shape index (κ3) is 5.68. The molecule has 0 aliphatic carbocycles. The fraction of sp³-hybridized carbons (Fsp3) is 0.294. The van der Waals surface area contributed by atoms with Crippen molar-refractivity contribution in [3.8, 4) is 5.75 Å². The number of ether oxygens (including phenoxy) is 1. The highest BCUT2D eigenvalue weighted by Crippen LogP contribution is 2.21. The van der Waals surface area contributed by atoms with Crippen LogP contribution in [0, 0.1) is 0 Å². The molecule has 1 aromatic carbocycles. The summed E-state index contributed by atoms with van der Waals surface area (Å²) in [5, 5.41) is 4.12. The molecule has 6 nitrogen and oxygen atoms in total. The van der Waals surface area contributed by atoms with Crippen LogP contribution in [0.2, 0.25) is 0 Å². The average molecular weight is 347 g/mol. The van der Waals surface area contributed by atoms with E-state index in [1.54, 1.807) is 18.4 Å². The van der Waals surface area contributed by atoms with Crippen molar-refractivity contribution in [2.45, 2.75) is 19.5 Å². The van der Waals surface area contributed by atoms with Gasteiger partial charge >= 0.3 is 6.03 Å². The molecule has 0 radical (unpaired) electrons. The highest BCUT2D eigenvalue weighted by Gasteiger charge is 2.13. The lowest BCUT2D eigenvalue weighted by Gasteiger charge is -2.22. The van der Waals surface area contributed by atoms with E-state index < -0.39 is 6.03 Å². The van der Waals surface area contributed by atoms with Crippen LogP contribution in [-0.4, -0.2) is 30.5 Å². The Morgan fingerprint density at radius 3 is 2.67 bits per heavy atom. The van der Waals surface area contributed by atoms with Gasteiger partial charge in [-0.2, -0.15) is 0 Å². The van der Waals surface area contributed by atoms with Crippen LogP contribution in [0.25, 0.3) is 0 Å². The van der Waals surface area contributed by atoms with Crippen molar-refractivity contribution in [3.63, 3.8) is 0 Å². The van der Waals surface area contributed by atoms with E-state index in [0.717, 1.165) is 17.9 Å². The van der Waals surface area contributed by atoms with Crippen LogP contribution in [0.4, 0.5) is 4.79 Å². The van der Waals surface area contributed by atoms with Crippen molar-refractivity contribution in [1.29, 1.82) is 0 Å². The van der Waals surface area contributed by atoms with Gasteiger partial charge in [-0.05, 0) is 17.5 Å². The molecule has 0 unspecified atom stereocenters. The molecule has 0 atom stereocenters. The standard InChI is InChI=1S/C17H21N3O3S/c1-23-15-7-3-2-5-13(15)11-20(12-14-6-4-10-24-14)9-8-16(21)19-17(18)22/h2-7,10H,8-9,11-12H2,1H3,(H3,18,19,21,22). The lowest BCUT2D eigenvalue weighted by atomic mass is 10.1. The Hall–Kier alpha value is -2.38. The lowest BCUT2D eigenvalue weighted by Crippen LogP contribution is -2.37. The minimum Gasteiger partial charge on any atom is -0.496 e. The molecular weight excluding hydrogens is 326 g/mol. The molecule has 128 valence electrons. The van der Waals surface area contributed by atoms with E-state index in [4.69, 9.17) is 10.5 Å². The molecule has 2 rings (SSSR count). The lowest BCUT2D eigenvalue weighted by molar-refractivity contribution is -0.120. The number of amides is 3. The Kier molecular flexibility index (Phi) is 6.77. The van der Waals surface area contributed by atoms with Gasteiger partial charge in [0.2, 0.25) is 5.91 Å². The van der Waals surface area contributed by atoms with Crippen LogP contribution in [0.1, 0.15) is 16.9 Å². The highest BCUT2D eigenvalue weighted by atomic mass is 32.1. The molecule has 0 spiro atoms. The summed E-state index contributed by atoms with van der Waals surface area (Å²) in [4.78, 5) is 25.8. The van der Waals surface area contributed by atoms with Crippen LogP contribution in [0.5, 0.6) is 5.75 Å². The largest absolute Gasteiger partial charge is 0.496 e. The van der Waals surface area contributed by atoms with E-state index in [1.165, 1.54) is 4.88 Å². The van der Waals surface area contributed by atoms with Crippen LogP contribution in [0.3, 0.4) is 0 Å². The Morgan fingerprint density at radius 2 is 2.00 bits per heavy atom. The molecule has 3 N–H and O–H groups in total. The Morgan fingerprint density at radius 1 is 1.21 bits per heavy atom. The van der Waals surface area contributed by atoms with E-state index in [9.17, 15) is 9.59 Å². The van der Waals surface area contributed by atoms with Gasteiger partial charge in [0.1, 0.15) is 5.75 Å². The molecule has 0 saturated heterocycles. The van der Waals surface area contributed by atoms with Gasteiger partial charge in [0.05, 0.1) is 7.11 Å². The molecule has 0 saturated carbocycles. The summed E-state index contributed by atoms with van der Waals surface area (Å²) >= 11 is 1.67. The summed E-state index contributed by atoms with van der Waals surface area (Å²) < 4.78 is 5.40. The summed E-state index contributed by atoms with van der Waals surface area (Å²) in [6.45, 7) is 1.88. The second kappa shape index (κ2) is 9.05. The number of hydrogen-bond donors (Lipinski definition) is 2. The maximum atomic E-state index is 11.7. The van der Waals surface area contributed by atoms with E-state index in [-0.39, 0.29) is 12.3 Å². The van der Waals surface area contributed by atoms with E-state index in [0.29, 0.717) is 13.1 Å². The number of thiophene rings is 1. The molecule has 0 aliphatic heterocycles. The zero-order chi connectivity index (χ0) is 17.4.